The maximum atomic E-state index is 13.0. The van der Waals surface area contributed by atoms with E-state index < -0.39 is 0 Å². The molecule has 0 fully saturated rings. The summed E-state index contributed by atoms with van der Waals surface area (Å²) in [6.45, 7) is 1.30. The van der Waals surface area contributed by atoms with Crippen LogP contribution in [0.1, 0.15) is 21.6 Å². The maximum absolute atomic E-state index is 13.0. The number of aromatic amines is 2. The number of amides is 1. The van der Waals surface area contributed by atoms with Gasteiger partial charge in [-0.15, -0.1) is 0 Å². The molecule has 1 amide bonds. The molecule has 4 aromatic rings. The van der Waals surface area contributed by atoms with E-state index in [2.05, 4.69) is 15.2 Å². The largest absolute Gasteiger partial charge is 0.358 e. The van der Waals surface area contributed by atoms with Gasteiger partial charge in [0.05, 0.1) is 5.69 Å². The Labute approximate surface area is 161 Å². The fourth-order valence-corrected chi connectivity index (χ4v) is 3.92. The van der Waals surface area contributed by atoms with Gasteiger partial charge in [0.25, 0.3) is 5.91 Å². The lowest BCUT2D eigenvalue weighted by molar-refractivity contribution is 0.0735. The Morgan fingerprint density at radius 3 is 2.74 bits per heavy atom. The Kier molecular flexibility index (Phi) is 3.76. The summed E-state index contributed by atoms with van der Waals surface area (Å²) in [6, 6.07) is 15.4. The van der Waals surface area contributed by atoms with Crippen LogP contribution in [-0.2, 0) is 13.0 Å². The summed E-state index contributed by atoms with van der Waals surface area (Å²) in [7, 11) is 0. The maximum Gasteiger partial charge on any atom is 0.254 e. The van der Waals surface area contributed by atoms with Gasteiger partial charge in [0.15, 0.2) is 0 Å². The van der Waals surface area contributed by atoms with Crippen LogP contribution in [0.15, 0.2) is 54.7 Å². The van der Waals surface area contributed by atoms with Crippen molar-refractivity contribution in [2.24, 2.45) is 0 Å². The molecule has 0 unspecified atom stereocenters. The van der Waals surface area contributed by atoms with Crippen LogP contribution >= 0.6 is 11.6 Å². The van der Waals surface area contributed by atoms with E-state index in [0.717, 1.165) is 28.6 Å². The van der Waals surface area contributed by atoms with Crippen LogP contribution in [0.4, 0.5) is 0 Å². The van der Waals surface area contributed by atoms with Gasteiger partial charge in [0.1, 0.15) is 0 Å². The normalized spacial score (nSPS) is 13.7. The lowest BCUT2D eigenvalue weighted by Crippen LogP contribution is -2.35. The van der Waals surface area contributed by atoms with Crippen LogP contribution in [0.25, 0.3) is 22.2 Å². The molecule has 2 aromatic carbocycles. The third-order valence-corrected chi connectivity index (χ3v) is 5.40. The quantitative estimate of drug-likeness (QED) is 0.544. The Morgan fingerprint density at radius 2 is 1.96 bits per heavy atom. The first-order valence-electron chi connectivity index (χ1n) is 8.87. The number of hydrogen-bond donors (Lipinski definition) is 2. The van der Waals surface area contributed by atoms with Gasteiger partial charge in [-0.05, 0) is 42.0 Å². The SMILES string of the molecule is O=C(c1ccc(-c2ccn[nH]2)cc1)N1CCc2[nH]c3ccc(Cl)cc3c2C1. The van der Waals surface area contributed by atoms with Crippen LogP contribution in [0.3, 0.4) is 0 Å². The molecule has 27 heavy (non-hydrogen) atoms. The van der Waals surface area contributed by atoms with E-state index in [1.54, 1.807) is 6.20 Å². The Morgan fingerprint density at radius 1 is 1.11 bits per heavy atom. The summed E-state index contributed by atoms with van der Waals surface area (Å²) < 4.78 is 0. The standard InChI is InChI=1S/C21H17ClN4O/c22-15-5-6-19-16(11-15)17-12-26(10-8-20(17)24-19)21(27)14-3-1-13(2-4-14)18-7-9-23-25-18/h1-7,9,11,24H,8,10,12H2,(H,23,25). The van der Waals surface area contributed by atoms with Gasteiger partial charge in [-0.1, -0.05) is 23.7 Å². The molecular formula is C21H17ClN4O. The van der Waals surface area contributed by atoms with Crippen molar-refractivity contribution >= 4 is 28.4 Å². The van der Waals surface area contributed by atoms with Crippen LogP contribution in [0, 0.1) is 0 Å². The molecule has 134 valence electrons. The minimum absolute atomic E-state index is 0.0492. The average Bonchev–Trinajstić information content (AvgIpc) is 3.35. The highest BCUT2D eigenvalue weighted by atomic mass is 35.5. The van der Waals surface area contributed by atoms with Gasteiger partial charge >= 0.3 is 0 Å². The number of nitrogens with zero attached hydrogens (tertiary/aromatic N) is 2. The van der Waals surface area contributed by atoms with Gasteiger partial charge < -0.3 is 9.88 Å². The zero-order valence-corrected chi connectivity index (χ0v) is 15.3. The van der Waals surface area contributed by atoms with Crippen molar-refractivity contribution in [3.63, 3.8) is 0 Å². The summed E-state index contributed by atoms with van der Waals surface area (Å²) in [4.78, 5) is 18.4. The van der Waals surface area contributed by atoms with E-state index in [1.807, 2.05) is 53.4 Å². The molecule has 0 radical (unpaired) electrons. The smallest absolute Gasteiger partial charge is 0.254 e. The Bertz CT molecular complexity index is 1130. The van der Waals surface area contributed by atoms with Crippen molar-refractivity contribution in [1.82, 2.24) is 20.1 Å². The van der Waals surface area contributed by atoms with Crippen molar-refractivity contribution in [2.45, 2.75) is 13.0 Å². The highest BCUT2D eigenvalue weighted by Gasteiger charge is 2.25. The molecule has 1 aliphatic heterocycles. The molecule has 0 saturated carbocycles. The fourth-order valence-electron chi connectivity index (χ4n) is 3.75. The Hall–Kier alpha value is -3.05. The second-order valence-corrected chi connectivity index (χ2v) is 7.23. The molecule has 2 N–H and O–H groups in total. The van der Waals surface area contributed by atoms with E-state index in [4.69, 9.17) is 11.6 Å². The molecule has 2 aromatic heterocycles. The molecule has 0 bridgehead atoms. The summed E-state index contributed by atoms with van der Waals surface area (Å²) in [5.74, 6) is 0.0492. The first kappa shape index (κ1) is 16.1. The minimum Gasteiger partial charge on any atom is -0.358 e. The molecule has 0 atom stereocenters. The molecule has 0 spiro atoms. The number of carbonyl (C=O) groups excluding carboxylic acids is 1. The minimum atomic E-state index is 0.0492. The molecule has 0 aliphatic carbocycles. The summed E-state index contributed by atoms with van der Waals surface area (Å²) in [5.41, 5.74) is 6.08. The van der Waals surface area contributed by atoms with Gasteiger partial charge in [0.2, 0.25) is 0 Å². The lowest BCUT2D eigenvalue weighted by Gasteiger charge is -2.27. The summed E-state index contributed by atoms with van der Waals surface area (Å²) in [6.07, 6.45) is 2.53. The number of rotatable bonds is 2. The van der Waals surface area contributed by atoms with Crippen molar-refractivity contribution in [3.05, 3.63) is 76.6 Å². The summed E-state index contributed by atoms with van der Waals surface area (Å²) in [5, 5.41) is 8.71. The molecule has 5 rings (SSSR count). The van der Waals surface area contributed by atoms with Gasteiger partial charge in [-0.3, -0.25) is 9.89 Å². The van der Waals surface area contributed by atoms with Gasteiger partial charge in [0, 0.05) is 58.5 Å². The van der Waals surface area contributed by atoms with Gasteiger partial charge in [-0.2, -0.15) is 5.10 Å². The number of hydrogen-bond acceptors (Lipinski definition) is 2. The predicted octanol–water partition coefficient (Wildman–Crippen LogP) is 4.41. The number of carbonyl (C=O) groups is 1. The molecular weight excluding hydrogens is 360 g/mol. The van der Waals surface area contributed by atoms with Crippen LogP contribution in [0.5, 0.6) is 0 Å². The second kappa shape index (κ2) is 6.28. The van der Waals surface area contributed by atoms with Crippen molar-refractivity contribution in [2.75, 3.05) is 6.54 Å². The van der Waals surface area contributed by atoms with E-state index in [-0.39, 0.29) is 5.91 Å². The third kappa shape index (κ3) is 2.80. The van der Waals surface area contributed by atoms with Crippen LogP contribution in [0.2, 0.25) is 5.02 Å². The van der Waals surface area contributed by atoms with E-state index in [0.29, 0.717) is 23.7 Å². The second-order valence-electron chi connectivity index (χ2n) is 6.80. The van der Waals surface area contributed by atoms with E-state index >= 15 is 0 Å². The third-order valence-electron chi connectivity index (χ3n) is 5.17. The van der Waals surface area contributed by atoms with Crippen LogP contribution < -0.4 is 0 Å². The Balaban J connectivity index is 1.42. The molecule has 3 heterocycles. The molecule has 5 nitrogen and oxygen atoms in total. The fraction of sp³-hybridized carbons (Fsp3) is 0.143. The molecule has 1 aliphatic rings. The topological polar surface area (TPSA) is 64.8 Å². The number of aromatic nitrogens is 3. The monoisotopic (exact) mass is 376 g/mol. The van der Waals surface area contributed by atoms with E-state index in [1.165, 1.54) is 11.3 Å². The number of fused-ring (bicyclic) bond motifs is 3. The number of benzene rings is 2. The number of nitrogens with one attached hydrogen (secondary N) is 2. The number of halogens is 1. The first-order chi connectivity index (χ1) is 13.2. The average molecular weight is 377 g/mol. The lowest BCUT2D eigenvalue weighted by atomic mass is 10.0. The first-order valence-corrected chi connectivity index (χ1v) is 9.25. The van der Waals surface area contributed by atoms with Gasteiger partial charge in [-0.25, -0.2) is 0 Å². The highest BCUT2D eigenvalue weighted by molar-refractivity contribution is 6.31. The highest BCUT2D eigenvalue weighted by Crippen LogP contribution is 2.30. The predicted molar refractivity (Wildman–Crippen MR) is 106 cm³/mol. The zero-order valence-electron chi connectivity index (χ0n) is 14.5. The van der Waals surface area contributed by atoms with Crippen molar-refractivity contribution in [1.29, 1.82) is 0 Å². The zero-order chi connectivity index (χ0) is 18.4. The summed E-state index contributed by atoms with van der Waals surface area (Å²) >= 11 is 6.17. The molecule has 6 heteroatoms. The number of H-pyrrole nitrogens is 2. The van der Waals surface area contributed by atoms with Crippen molar-refractivity contribution in [3.8, 4) is 11.3 Å². The molecule has 0 saturated heterocycles. The van der Waals surface area contributed by atoms with Crippen LogP contribution in [-0.4, -0.2) is 32.5 Å². The van der Waals surface area contributed by atoms with E-state index in [9.17, 15) is 4.79 Å². The van der Waals surface area contributed by atoms with Crippen molar-refractivity contribution < 1.29 is 4.79 Å².